The Kier molecular flexibility index (Phi) is 5.06. The van der Waals surface area contributed by atoms with Crippen LogP contribution in [0.5, 0.6) is 5.75 Å². The first-order valence-corrected chi connectivity index (χ1v) is 8.83. The van der Waals surface area contributed by atoms with Gasteiger partial charge in [0.25, 0.3) is 5.91 Å². The molecule has 0 fully saturated rings. The molecule has 152 valence electrons. The number of aromatic hydroxyl groups is 1. The number of hydrogen-bond acceptors (Lipinski definition) is 5. The molecule has 3 aromatic heterocycles. The number of carbonyl (C=O) groups is 1. The average Bonchev–Trinajstić information content (AvgIpc) is 3.07. The molecule has 1 amide bonds. The van der Waals surface area contributed by atoms with Crippen molar-refractivity contribution in [2.75, 3.05) is 0 Å². The van der Waals surface area contributed by atoms with E-state index in [0.29, 0.717) is 24.4 Å². The summed E-state index contributed by atoms with van der Waals surface area (Å²) in [6.07, 6.45) is 3.51. The summed E-state index contributed by atoms with van der Waals surface area (Å²) in [6, 6.07) is 0. The Morgan fingerprint density at radius 3 is 2.66 bits per heavy atom. The van der Waals surface area contributed by atoms with Crippen LogP contribution in [0.25, 0.3) is 5.52 Å². The van der Waals surface area contributed by atoms with Gasteiger partial charge < -0.3 is 21.0 Å². The van der Waals surface area contributed by atoms with E-state index >= 15 is 4.39 Å². The van der Waals surface area contributed by atoms with Crippen LogP contribution in [-0.4, -0.2) is 41.9 Å². The minimum absolute atomic E-state index is 0.0697. The summed E-state index contributed by atoms with van der Waals surface area (Å²) in [7, 11) is 0. The number of rotatable bonds is 5. The van der Waals surface area contributed by atoms with E-state index in [1.165, 1.54) is 21.5 Å². The zero-order chi connectivity index (χ0) is 21.5. The molecule has 0 bridgehead atoms. The molecule has 3 aromatic rings. The fraction of sp³-hybridized carbons (Fsp3) is 0.278. The van der Waals surface area contributed by atoms with Gasteiger partial charge in [0, 0.05) is 12.7 Å². The molecule has 3 heterocycles. The Morgan fingerprint density at radius 1 is 1.34 bits per heavy atom. The summed E-state index contributed by atoms with van der Waals surface area (Å²) in [5.74, 6) is -2.89. The maximum absolute atomic E-state index is 15.0. The van der Waals surface area contributed by atoms with E-state index in [1.54, 1.807) is 13.8 Å². The number of nitrogens with two attached hydrogens (primary N) is 2. The molecule has 11 heteroatoms. The van der Waals surface area contributed by atoms with Crippen molar-refractivity contribution in [3.8, 4) is 5.75 Å². The van der Waals surface area contributed by atoms with Gasteiger partial charge in [0.05, 0.1) is 23.0 Å². The highest BCUT2D eigenvalue weighted by molar-refractivity contribution is 6.14. The first-order valence-electron chi connectivity index (χ1n) is 8.83. The van der Waals surface area contributed by atoms with Crippen LogP contribution in [0.2, 0.25) is 0 Å². The molecule has 10 nitrogen and oxygen atoms in total. The van der Waals surface area contributed by atoms with Gasteiger partial charge >= 0.3 is 0 Å². The van der Waals surface area contributed by atoms with Gasteiger partial charge in [-0.1, -0.05) is 6.92 Å². The normalized spacial score (nSPS) is 11.9. The van der Waals surface area contributed by atoms with E-state index in [9.17, 15) is 9.90 Å². The third-order valence-electron chi connectivity index (χ3n) is 4.37. The second-order valence-corrected chi connectivity index (χ2v) is 6.54. The summed E-state index contributed by atoms with van der Waals surface area (Å²) >= 11 is 0. The van der Waals surface area contributed by atoms with Crippen molar-refractivity contribution in [1.82, 2.24) is 19.2 Å². The Morgan fingerprint density at radius 2 is 2.03 bits per heavy atom. The van der Waals surface area contributed by atoms with E-state index in [0.717, 1.165) is 0 Å². The summed E-state index contributed by atoms with van der Waals surface area (Å²) in [5, 5.41) is 22.7. The van der Waals surface area contributed by atoms with Crippen LogP contribution >= 0.6 is 0 Å². The average molecular weight is 400 g/mol. The SMILES string of the molecule is CCCn1nc(C)c(O)c1C(=N)/N=C(\N)c1c(F)c(C(N)=O)n2cc(C)ncc12. The van der Waals surface area contributed by atoms with E-state index < -0.39 is 17.6 Å². The Bertz CT molecular complexity index is 1170. The van der Waals surface area contributed by atoms with Crippen molar-refractivity contribution >= 4 is 23.1 Å². The maximum Gasteiger partial charge on any atom is 0.268 e. The van der Waals surface area contributed by atoms with Gasteiger partial charge in [-0.05, 0) is 20.3 Å². The second-order valence-electron chi connectivity index (χ2n) is 6.54. The Hall–Kier alpha value is -3.76. The van der Waals surface area contributed by atoms with Crippen molar-refractivity contribution in [3.05, 3.63) is 46.6 Å². The van der Waals surface area contributed by atoms with Crippen LogP contribution in [0.15, 0.2) is 17.4 Å². The molecule has 0 radical (unpaired) electrons. The molecule has 0 aliphatic heterocycles. The fourth-order valence-electron chi connectivity index (χ4n) is 3.10. The minimum atomic E-state index is -0.980. The van der Waals surface area contributed by atoms with Gasteiger partial charge in [0.2, 0.25) is 0 Å². The number of hydrogen-bond donors (Lipinski definition) is 4. The van der Waals surface area contributed by atoms with E-state index in [1.807, 2.05) is 6.92 Å². The topological polar surface area (TPSA) is 161 Å². The summed E-state index contributed by atoms with van der Waals surface area (Å²) in [6.45, 7) is 5.64. The van der Waals surface area contributed by atoms with Crippen LogP contribution < -0.4 is 11.5 Å². The number of nitrogens with zero attached hydrogens (tertiary/aromatic N) is 5. The highest BCUT2D eigenvalue weighted by atomic mass is 19.1. The molecular formula is C18H21FN8O2. The minimum Gasteiger partial charge on any atom is -0.504 e. The number of amidine groups is 2. The molecule has 0 aliphatic carbocycles. The highest BCUT2D eigenvalue weighted by Crippen LogP contribution is 2.25. The monoisotopic (exact) mass is 400 g/mol. The molecule has 0 aliphatic rings. The van der Waals surface area contributed by atoms with Gasteiger partial charge in [-0.25, -0.2) is 9.38 Å². The van der Waals surface area contributed by atoms with Gasteiger partial charge in [0.1, 0.15) is 22.9 Å². The predicted octanol–water partition coefficient (Wildman–Crippen LogP) is 1.23. The van der Waals surface area contributed by atoms with Gasteiger partial charge in [0.15, 0.2) is 17.4 Å². The number of amides is 1. The van der Waals surface area contributed by atoms with E-state index in [-0.39, 0.29) is 34.1 Å². The first-order chi connectivity index (χ1) is 13.7. The molecule has 0 aromatic carbocycles. The molecular weight excluding hydrogens is 379 g/mol. The van der Waals surface area contributed by atoms with Gasteiger partial charge in [-0.2, -0.15) is 5.10 Å². The van der Waals surface area contributed by atoms with E-state index in [2.05, 4.69) is 15.1 Å². The van der Waals surface area contributed by atoms with Crippen molar-refractivity contribution in [3.63, 3.8) is 0 Å². The zero-order valence-corrected chi connectivity index (χ0v) is 16.2. The number of nitrogens with one attached hydrogen (secondary N) is 1. The molecule has 0 saturated carbocycles. The molecule has 0 spiro atoms. The third-order valence-corrected chi connectivity index (χ3v) is 4.37. The molecule has 29 heavy (non-hydrogen) atoms. The van der Waals surface area contributed by atoms with E-state index in [4.69, 9.17) is 16.9 Å². The number of halogens is 1. The van der Waals surface area contributed by atoms with Gasteiger partial charge in [-0.3, -0.25) is 19.9 Å². The number of fused-ring (bicyclic) bond motifs is 1. The van der Waals surface area contributed by atoms with Crippen molar-refractivity contribution in [1.29, 1.82) is 5.41 Å². The molecule has 6 N–H and O–H groups in total. The highest BCUT2D eigenvalue weighted by Gasteiger charge is 2.26. The number of aryl methyl sites for hydroxylation is 3. The van der Waals surface area contributed by atoms with Crippen LogP contribution in [-0.2, 0) is 6.54 Å². The van der Waals surface area contributed by atoms with Crippen LogP contribution in [0, 0.1) is 25.1 Å². The smallest absolute Gasteiger partial charge is 0.268 e. The number of aromatic nitrogens is 4. The summed E-state index contributed by atoms with van der Waals surface area (Å²) in [5.41, 5.74) is 11.9. The number of aliphatic imine (C=N–C) groups is 1. The van der Waals surface area contributed by atoms with Gasteiger partial charge in [-0.15, -0.1) is 0 Å². The molecule has 0 atom stereocenters. The summed E-state index contributed by atoms with van der Waals surface area (Å²) < 4.78 is 17.7. The Labute approximate surface area is 165 Å². The van der Waals surface area contributed by atoms with Crippen molar-refractivity contribution < 1.29 is 14.3 Å². The molecule has 0 unspecified atom stereocenters. The van der Waals surface area contributed by atoms with Crippen LogP contribution in [0.1, 0.15) is 46.5 Å². The number of carbonyl (C=O) groups excluding carboxylic acids is 1. The van der Waals surface area contributed by atoms with Crippen molar-refractivity contribution in [2.45, 2.75) is 33.7 Å². The summed E-state index contributed by atoms with van der Waals surface area (Å²) in [4.78, 5) is 19.8. The lowest BCUT2D eigenvalue weighted by Crippen LogP contribution is -2.19. The van der Waals surface area contributed by atoms with Crippen molar-refractivity contribution in [2.24, 2.45) is 16.5 Å². The first kappa shape index (κ1) is 20.0. The fourth-order valence-corrected chi connectivity index (χ4v) is 3.10. The predicted molar refractivity (Wildman–Crippen MR) is 105 cm³/mol. The molecule has 0 saturated heterocycles. The standard InChI is InChI=1S/C18H21FN8O2/c1-4-5-27-14(15(28)9(3)25-27)17(21)24-16(20)11-10-6-23-8(2)7-26(10)13(12(11)19)18(22)29/h6-7,28H,4-5H2,1-3H3,(H2,22,29)(H3,20,21,24). The Balaban J connectivity index is 2.17. The second kappa shape index (κ2) is 7.34. The maximum atomic E-state index is 15.0. The largest absolute Gasteiger partial charge is 0.504 e. The lowest BCUT2D eigenvalue weighted by molar-refractivity contribution is 0.0991. The lowest BCUT2D eigenvalue weighted by atomic mass is 10.2. The zero-order valence-electron chi connectivity index (χ0n) is 16.2. The van der Waals surface area contributed by atoms with Crippen LogP contribution in [0.3, 0.4) is 0 Å². The van der Waals surface area contributed by atoms with Crippen LogP contribution in [0.4, 0.5) is 4.39 Å². The third kappa shape index (κ3) is 3.30. The molecule has 3 rings (SSSR count). The quantitative estimate of drug-likeness (QED) is 0.374. The number of primary amides is 1. The lowest BCUT2D eigenvalue weighted by Gasteiger charge is -2.06.